The number of H-pyrrole nitrogens is 1. The average molecular weight is 398 g/mol. The lowest BCUT2D eigenvalue weighted by atomic mass is 10.2. The molecule has 0 radical (unpaired) electrons. The minimum Gasteiger partial charge on any atom is -0.454 e. The van der Waals surface area contributed by atoms with Crippen LogP contribution in [0.5, 0.6) is 11.5 Å². The molecule has 0 aliphatic carbocycles. The van der Waals surface area contributed by atoms with Gasteiger partial charge in [-0.1, -0.05) is 17.8 Å². The molecule has 1 aliphatic rings. The Balaban J connectivity index is 1.39. The monoisotopic (exact) mass is 398 g/mol. The first kappa shape index (κ1) is 18.3. The quantitative estimate of drug-likeness (QED) is 0.501. The number of fused-ring (bicyclic) bond motifs is 2. The Bertz CT molecular complexity index is 1130. The van der Waals surface area contributed by atoms with Gasteiger partial charge in [0.05, 0.1) is 11.1 Å². The molecule has 28 heavy (non-hydrogen) atoms. The van der Waals surface area contributed by atoms with Crippen LogP contribution >= 0.6 is 11.8 Å². The minimum absolute atomic E-state index is 0.129. The number of nitrogens with zero attached hydrogens (tertiary/aromatic N) is 2. The first-order valence-corrected chi connectivity index (χ1v) is 9.64. The Morgan fingerprint density at radius 3 is 2.89 bits per heavy atom. The van der Waals surface area contributed by atoms with E-state index in [-0.39, 0.29) is 24.0 Å². The predicted octanol–water partition coefficient (Wildman–Crippen LogP) is 2.07. The molecule has 0 saturated heterocycles. The number of hydrogen-bond acceptors (Lipinski definition) is 7. The molecule has 9 heteroatoms. The molecule has 144 valence electrons. The van der Waals surface area contributed by atoms with Crippen LogP contribution in [0.3, 0.4) is 0 Å². The smallest absolute Gasteiger partial charge is 0.261 e. The van der Waals surface area contributed by atoms with Crippen molar-refractivity contribution in [1.29, 1.82) is 0 Å². The highest BCUT2D eigenvalue weighted by molar-refractivity contribution is 7.99. The molecule has 0 spiro atoms. The maximum atomic E-state index is 12.3. The molecule has 1 aliphatic heterocycles. The van der Waals surface area contributed by atoms with Gasteiger partial charge in [0.25, 0.3) is 5.56 Å². The lowest BCUT2D eigenvalue weighted by Gasteiger charge is -2.07. The van der Waals surface area contributed by atoms with Gasteiger partial charge in [-0.2, -0.15) is 0 Å². The summed E-state index contributed by atoms with van der Waals surface area (Å²) in [6.45, 7) is 4.29. The number of hydrogen-bond donors (Lipinski definition) is 2. The van der Waals surface area contributed by atoms with Gasteiger partial charge in [0, 0.05) is 12.2 Å². The molecular formula is C19H18N4O4S. The van der Waals surface area contributed by atoms with E-state index in [0.29, 0.717) is 34.2 Å². The zero-order valence-electron chi connectivity index (χ0n) is 15.4. The van der Waals surface area contributed by atoms with E-state index < -0.39 is 0 Å². The van der Waals surface area contributed by atoms with Gasteiger partial charge in [0.1, 0.15) is 0 Å². The van der Waals surface area contributed by atoms with Crippen LogP contribution in [0.25, 0.3) is 11.0 Å². The number of carbonyl (C=O) groups is 1. The molecule has 0 fully saturated rings. The molecule has 0 unspecified atom stereocenters. The zero-order valence-corrected chi connectivity index (χ0v) is 16.2. The average Bonchev–Trinajstić information content (AvgIpc) is 3.11. The molecule has 0 bridgehead atoms. The minimum atomic E-state index is -0.252. The van der Waals surface area contributed by atoms with E-state index in [2.05, 4.69) is 20.3 Å². The first-order chi connectivity index (χ1) is 13.5. The summed E-state index contributed by atoms with van der Waals surface area (Å²) in [7, 11) is 0. The Hall–Kier alpha value is -3.07. The van der Waals surface area contributed by atoms with Crippen molar-refractivity contribution < 1.29 is 14.3 Å². The van der Waals surface area contributed by atoms with Gasteiger partial charge < -0.3 is 19.8 Å². The second kappa shape index (κ2) is 7.51. The van der Waals surface area contributed by atoms with Crippen LogP contribution in [0.2, 0.25) is 0 Å². The number of carbonyl (C=O) groups excluding carboxylic acids is 1. The van der Waals surface area contributed by atoms with Gasteiger partial charge in [0.15, 0.2) is 22.3 Å². The van der Waals surface area contributed by atoms with E-state index in [0.717, 1.165) is 28.6 Å². The maximum absolute atomic E-state index is 12.3. The Kier molecular flexibility index (Phi) is 4.91. The van der Waals surface area contributed by atoms with Crippen molar-refractivity contribution in [3.8, 4) is 11.5 Å². The van der Waals surface area contributed by atoms with Crippen LogP contribution in [0.15, 0.2) is 34.2 Å². The third kappa shape index (κ3) is 3.79. The van der Waals surface area contributed by atoms with Gasteiger partial charge in [-0.3, -0.25) is 9.59 Å². The van der Waals surface area contributed by atoms with Crippen LogP contribution in [0.1, 0.15) is 16.8 Å². The molecule has 3 heterocycles. The number of thioether (sulfide) groups is 1. The number of aromatic amines is 1. The number of aryl methyl sites for hydroxylation is 2. The first-order valence-electron chi connectivity index (χ1n) is 8.66. The van der Waals surface area contributed by atoms with Gasteiger partial charge in [-0.25, -0.2) is 9.97 Å². The Morgan fingerprint density at radius 2 is 2.04 bits per heavy atom. The summed E-state index contributed by atoms with van der Waals surface area (Å²) in [4.78, 5) is 35.9. The highest BCUT2D eigenvalue weighted by atomic mass is 32.2. The molecule has 0 saturated carbocycles. The van der Waals surface area contributed by atoms with Crippen molar-refractivity contribution in [3.05, 3.63) is 51.4 Å². The zero-order chi connectivity index (χ0) is 19.7. The summed E-state index contributed by atoms with van der Waals surface area (Å²) in [5.41, 5.74) is 2.67. The molecule has 1 amide bonds. The molecule has 8 nitrogen and oxygen atoms in total. The molecule has 0 atom stereocenters. The van der Waals surface area contributed by atoms with Crippen molar-refractivity contribution in [2.24, 2.45) is 0 Å². The second-order valence-corrected chi connectivity index (χ2v) is 7.37. The molecule has 2 aromatic heterocycles. The Morgan fingerprint density at radius 1 is 1.21 bits per heavy atom. The third-order valence-corrected chi connectivity index (χ3v) is 5.12. The lowest BCUT2D eigenvalue weighted by molar-refractivity contribution is -0.118. The number of amides is 1. The van der Waals surface area contributed by atoms with Gasteiger partial charge in [0.2, 0.25) is 12.7 Å². The molecule has 2 N–H and O–H groups in total. The number of pyridine rings is 1. The van der Waals surface area contributed by atoms with E-state index in [4.69, 9.17) is 9.47 Å². The van der Waals surface area contributed by atoms with Gasteiger partial charge in [-0.05, 0) is 43.2 Å². The van der Waals surface area contributed by atoms with Crippen LogP contribution < -0.4 is 20.3 Å². The van der Waals surface area contributed by atoms with Gasteiger partial charge in [-0.15, -0.1) is 0 Å². The number of aromatic nitrogens is 3. The fourth-order valence-electron chi connectivity index (χ4n) is 2.97. The molecular weight excluding hydrogens is 380 g/mol. The van der Waals surface area contributed by atoms with Crippen molar-refractivity contribution in [2.75, 3.05) is 12.5 Å². The topological polar surface area (TPSA) is 106 Å². The largest absolute Gasteiger partial charge is 0.454 e. The van der Waals surface area contributed by atoms with Crippen LogP contribution in [-0.4, -0.2) is 33.4 Å². The van der Waals surface area contributed by atoms with E-state index >= 15 is 0 Å². The number of nitrogens with one attached hydrogen (secondary N) is 2. The van der Waals surface area contributed by atoms with Crippen molar-refractivity contribution in [1.82, 2.24) is 20.3 Å². The van der Waals surface area contributed by atoms with E-state index in [1.54, 1.807) is 0 Å². The Labute approximate surface area is 164 Å². The van der Waals surface area contributed by atoms with E-state index in [9.17, 15) is 9.59 Å². The SMILES string of the molecule is Cc1cc(C)c2c(=O)[nH]c(SCC(=O)NCc3ccc4c(c3)OCO4)nc2n1. The van der Waals surface area contributed by atoms with E-state index in [1.165, 1.54) is 0 Å². The third-order valence-electron chi connectivity index (χ3n) is 4.25. The summed E-state index contributed by atoms with van der Waals surface area (Å²) in [6.07, 6.45) is 0. The predicted molar refractivity (Wildman–Crippen MR) is 105 cm³/mol. The second-order valence-electron chi connectivity index (χ2n) is 6.40. The summed E-state index contributed by atoms with van der Waals surface area (Å²) in [5, 5.41) is 3.68. The van der Waals surface area contributed by atoms with E-state index in [1.807, 2.05) is 38.1 Å². The number of rotatable bonds is 5. The molecule has 1 aromatic carbocycles. The highest BCUT2D eigenvalue weighted by Crippen LogP contribution is 2.32. The van der Waals surface area contributed by atoms with Crippen LogP contribution in [-0.2, 0) is 11.3 Å². The summed E-state index contributed by atoms with van der Waals surface area (Å²) >= 11 is 1.16. The fraction of sp³-hybridized carbons (Fsp3) is 0.263. The summed E-state index contributed by atoms with van der Waals surface area (Å²) < 4.78 is 10.6. The van der Waals surface area contributed by atoms with Crippen molar-refractivity contribution >= 4 is 28.7 Å². The summed E-state index contributed by atoms with van der Waals surface area (Å²) in [5.74, 6) is 1.34. The summed E-state index contributed by atoms with van der Waals surface area (Å²) in [6, 6.07) is 7.38. The normalized spacial score (nSPS) is 12.4. The number of ether oxygens (including phenoxy) is 2. The standard InChI is InChI=1S/C19H18N4O4S/c1-10-5-11(2)21-17-16(10)18(25)23-19(22-17)28-8-15(24)20-7-12-3-4-13-14(6-12)27-9-26-13/h3-6H,7-9H2,1-2H3,(H,20,24)(H,21,22,23,25). The highest BCUT2D eigenvalue weighted by Gasteiger charge is 2.14. The number of benzene rings is 1. The van der Waals surface area contributed by atoms with Crippen molar-refractivity contribution in [2.45, 2.75) is 25.5 Å². The van der Waals surface area contributed by atoms with Crippen molar-refractivity contribution in [3.63, 3.8) is 0 Å². The molecule has 3 aromatic rings. The van der Waals surface area contributed by atoms with Crippen LogP contribution in [0, 0.1) is 13.8 Å². The van der Waals surface area contributed by atoms with Crippen LogP contribution in [0.4, 0.5) is 0 Å². The fourth-order valence-corrected chi connectivity index (χ4v) is 3.65. The maximum Gasteiger partial charge on any atom is 0.261 e. The molecule has 4 rings (SSSR count). The lowest BCUT2D eigenvalue weighted by Crippen LogP contribution is -2.24. The van der Waals surface area contributed by atoms with Gasteiger partial charge >= 0.3 is 0 Å².